The van der Waals surface area contributed by atoms with Gasteiger partial charge < -0.3 is 9.15 Å². The molecule has 5 rings (SSSR count). The minimum absolute atomic E-state index is 0.210. The largest absolute Gasteiger partial charge is 0.488 e. The molecule has 0 saturated heterocycles. The lowest BCUT2D eigenvalue weighted by Gasteiger charge is -2.08. The lowest BCUT2D eigenvalue weighted by Crippen LogP contribution is -2.16. The number of benzene rings is 4. The Bertz CT molecular complexity index is 1420. The molecule has 0 radical (unpaired) electrons. The molecule has 0 fully saturated rings. The van der Waals surface area contributed by atoms with Gasteiger partial charge in [-0.3, -0.25) is 4.79 Å². The molecule has 0 saturated carbocycles. The summed E-state index contributed by atoms with van der Waals surface area (Å²) in [5, 5.41) is 7.14. The predicted octanol–water partition coefficient (Wildman–Crippen LogP) is 5.93. The lowest BCUT2D eigenvalue weighted by atomic mass is 10.1. The van der Waals surface area contributed by atoms with Gasteiger partial charge in [0, 0.05) is 10.9 Å². The molecule has 5 nitrogen and oxygen atoms in total. The number of nitrogens with one attached hydrogen (secondary N) is 1. The van der Waals surface area contributed by atoms with E-state index in [1.807, 2.05) is 91.0 Å². The Hall–Kier alpha value is -4.38. The van der Waals surface area contributed by atoms with Crippen LogP contribution in [0.4, 0.5) is 0 Å². The first-order valence-corrected chi connectivity index (χ1v) is 10.3. The van der Waals surface area contributed by atoms with E-state index in [4.69, 9.17) is 9.15 Å². The molecule has 0 unspecified atom stereocenters. The summed E-state index contributed by atoms with van der Waals surface area (Å²) in [5.74, 6) is 0.482. The van der Waals surface area contributed by atoms with Crippen molar-refractivity contribution in [3.63, 3.8) is 0 Å². The number of furan rings is 1. The molecule has 4 aromatic carbocycles. The summed E-state index contributed by atoms with van der Waals surface area (Å²) in [4.78, 5) is 12.6. The highest BCUT2D eigenvalue weighted by molar-refractivity contribution is 6.08. The van der Waals surface area contributed by atoms with Crippen LogP contribution < -0.4 is 10.2 Å². The number of carbonyl (C=O) groups is 1. The first kappa shape index (κ1) is 19.6. The Morgan fingerprint density at radius 3 is 2.56 bits per heavy atom. The maximum absolute atomic E-state index is 12.6. The van der Waals surface area contributed by atoms with Crippen LogP contribution in [0.1, 0.15) is 21.7 Å². The zero-order chi connectivity index (χ0) is 21.8. The fourth-order valence-electron chi connectivity index (χ4n) is 3.57. The van der Waals surface area contributed by atoms with E-state index in [-0.39, 0.29) is 5.76 Å². The van der Waals surface area contributed by atoms with Crippen LogP contribution in [0.15, 0.2) is 107 Å². The summed E-state index contributed by atoms with van der Waals surface area (Å²) in [5.41, 5.74) is 5.04. The smallest absolute Gasteiger partial charge is 0.307 e. The van der Waals surface area contributed by atoms with Gasteiger partial charge in [0.2, 0.25) is 0 Å². The molecular weight excluding hydrogens is 400 g/mol. The second-order valence-electron chi connectivity index (χ2n) is 7.32. The SMILES string of the molecule is O=C(NN=Cc1ccccc1OCc1ccccc1)c1cc2c(ccc3ccccc32)o1. The van der Waals surface area contributed by atoms with Crippen molar-refractivity contribution in [3.05, 3.63) is 114 Å². The number of nitrogens with zero attached hydrogens (tertiary/aromatic N) is 1. The van der Waals surface area contributed by atoms with E-state index in [1.165, 1.54) is 0 Å². The average molecular weight is 420 g/mol. The molecule has 5 aromatic rings. The second-order valence-corrected chi connectivity index (χ2v) is 7.32. The number of amides is 1. The highest BCUT2D eigenvalue weighted by Gasteiger charge is 2.13. The van der Waals surface area contributed by atoms with Crippen LogP contribution in [0.2, 0.25) is 0 Å². The van der Waals surface area contributed by atoms with Gasteiger partial charge in [-0.15, -0.1) is 0 Å². The first-order valence-electron chi connectivity index (χ1n) is 10.3. The highest BCUT2D eigenvalue weighted by Crippen LogP contribution is 2.28. The van der Waals surface area contributed by atoms with E-state index < -0.39 is 5.91 Å². The fraction of sp³-hybridized carbons (Fsp3) is 0.0370. The summed E-state index contributed by atoms with van der Waals surface area (Å²) in [6.07, 6.45) is 1.57. The number of carbonyl (C=O) groups excluding carboxylic acids is 1. The topological polar surface area (TPSA) is 63.8 Å². The number of fused-ring (bicyclic) bond motifs is 3. The normalized spacial score (nSPS) is 11.2. The molecular formula is C27H20N2O3. The molecule has 0 aliphatic carbocycles. The van der Waals surface area contributed by atoms with E-state index >= 15 is 0 Å². The van der Waals surface area contributed by atoms with E-state index in [0.717, 1.165) is 27.3 Å². The van der Waals surface area contributed by atoms with Crippen molar-refractivity contribution in [3.8, 4) is 5.75 Å². The summed E-state index contributed by atoms with van der Waals surface area (Å²) in [6.45, 7) is 0.449. The van der Waals surface area contributed by atoms with E-state index in [0.29, 0.717) is 17.9 Å². The van der Waals surface area contributed by atoms with Gasteiger partial charge in [-0.05, 0) is 40.6 Å². The van der Waals surface area contributed by atoms with Crippen molar-refractivity contribution in [2.24, 2.45) is 5.10 Å². The van der Waals surface area contributed by atoms with E-state index in [1.54, 1.807) is 12.3 Å². The Labute approximate surface area is 184 Å². The van der Waals surface area contributed by atoms with Crippen molar-refractivity contribution in [1.82, 2.24) is 5.43 Å². The maximum atomic E-state index is 12.6. The molecule has 156 valence electrons. The van der Waals surface area contributed by atoms with Gasteiger partial charge in [-0.2, -0.15) is 5.10 Å². The van der Waals surface area contributed by atoms with Crippen molar-refractivity contribution in [2.45, 2.75) is 6.61 Å². The molecule has 1 N–H and O–H groups in total. The lowest BCUT2D eigenvalue weighted by molar-refractivity contribution is 0.0929. The van der Waals surface area contributed by atoms with Crippen LogP contribution in [0.5, 0.6) is 5.75 Å². The molecule has 32 heavy (non-hydrogen) atoms. The molecule has 5 heteroatoms. The van der Waals surface area contributed by atoms with Crippen LogP contribution in [-0.4, -0.2) is 12.1 Å². The molecule has 1 amide bonds. The monoisotopic (exact) mass is 420 g/mol. The Morgan fingerprint density at radius 1 is 0.875 bits per heavy atom. The summed E-state index contributed by atoms with van der Waals surface area (Å²) >= 11 is 0. The predicted molar refractivity (Wildman–Crippen MR) is 126 cm³/mol. The van der Waals surface area contributed by atoms with Gasteiger partial charge in [0.25, 0.3) is 0 Å². The molecule has 0 spiro atoms. The van der Waals surface area contributed by atoms with Crippen molar-refractivity contribution in [2.75, 3.05) is 0 Å². The quantitative estimate of drug-likeness (QED) is 0.274. The fourth-order valence-corrected chi connectivity index (χ4v) is 3.57. The third kappa shape index (κ3) is 4.09. The number of para-hydroxylation sites is 1. The minimum Gasteiger partial charge on any atom is -0.488 e. The zero-order valence-corrected chi connectivity index (χ0v) is 17.2. The summed E-state index contributed by atoms with van der Waals surface area (Å²) < 4.78 is 11.7. The number of hydrogen-bond acceptors (Lipinski definition) is 4. The third-order valence-corrected chi connectivity index (χ3v) is 5.18. The molecule has 0 aliphatic heterocycles. The van der Waals surface area contributed by atoms with Crippen molar-refractivity contribution in [1.29, 1.82) is 0 Å². The van der Waals surface area contributed by atoms with Gasteiger partial charge >= 0.3 is 5.91 Å². The van der Waals surface area contributed by atoms with Crippen LogP contribution in [-0.2, 0) is 6.61 Å². The van der Waals surface area contributed by atoms with Crippen LogP contribution in [0.25, 0.3) is 21.7 Å². The molecule has 0 atom stereocenters. The number of ether oxygens (including phenoxy) is 1. The first-order chi connectivity index (χ1) is 15.8. The second kappa shape index (κ2) is 8.78. The van der Waals surface area contributed by atoms with E-state index in [9.17, 15) is 4.79 Å². The summed E-state index contributed by atoms with van der Waals surface area (Å²) in [6, 6.07) is 31.1. The number of rotatable bonds is 6. The Kier molecular flexibility index (Phi) is 5.37. The zero-order valence-electron chi connectivity index (χ0n) is 17.2. The van der Waals surface area contributed by atoms with Crippen molar-refractivity contribution < 1.29 is 13.9 Å². The number of hydrogen-bond donors (Lipinski definition) is 1. The van der Waals surface area contributed by atoms with Gasteiger partial charge in [-0.25, -0.2) is 5.43 Å². The molecule has 0 bridgehead atoms. The Balaban J connectivity index is 1.30. The third-order valence-electron chi connectivity index (χ3n) is 5.18. The van der Waals surface area contributed by atoms with Crippen LogP contribution in [0, 0.1) is 0 Å². The summed E-state index contributed by atoms with van der Waals surface area (Å²) in [7, 11) is 0. The van der Waals surface area contributed by atoms with E-state index in [2.05, 4.69) is 10.5 Å². The minimum atomic E-state index is -0.413. The van der Waals surface area contributed by atoms with Gasteiger partial charge in [0.1, 0.15) is 17.9 Å². The molecule has 1 heterocycles. The van der Waals surface area contributed by atoms with Crippen molar-refractivity contribution >= 4 is 33.9 Å². The van der Waals surface area contributed by atoms with Crippen LogP contribution in [0.3, 0.4) is 0 Å². The Morgan fingerprint density at radius 2 is 1.66 bits per heavy atom. The van der Waals surface area contributed by atoms with Gasteiger partial charge in [0.15, 0.2) is 5.76 Å². The highest BCUT2D eigenvalue weighted by atomic mass is 16.5. The molecule has 0 aliphatic rings. The average Bonchev–Trinajstić information content (AvgIpc) is 3.29. The standard InChI is InChI=1S/C27H20N2O3/c30-27(26-16-23-22-12-6-4-10-20(22)14-15-25(23)32-26)29-28-17-21-11-5-7-13-24(21)31-18-19-8-2-1-3-9-19/h1-17H,18H2,(H,29,30). The van der Waals surface area contributed by atoms with Crippen LogP contribution >= 0.6 is 0 Å². The maximum Gasteiger partial charge on any atom is 0.307 e. The number of hydrazone groups is 1. The van der Waals surface area contributed by atoms with Gasteiger partial charge in [0.05, 0.1) is 6.21 Å². The van der Waals surface area contributed by atoms with Gasteiger partial charge in [-0.1, -0.05) is 72.8 Å². The molecule has 1 aromatic heterocycles.